The summed E-state index contributed by atoms with van der Waals surface area (Å²) >= 11 is 5.82. The van der Waals surface area contributed by atoms with Gasteiger partial charge in [0, 0.05) is 32.1 Å². The number of alkyl halides is 1. The number of nitrogens with one attached hydrogen (secondary N) is 1. The van der Waals surface area contributed by atoms with Crippen molar-refractivity contribution in [2.75, 3.05) is 36.8 Å². The van der Waals surface area contributed by atoms with Crippen LogP contribution >= 0.6 is 11.6 Å². The molecule has 0 spiro atoms. The molecule has 2 rings (SSSR count). The second-order valence-corrected chi connectivity index (χ2v) is 4.87. The smallest absolute Gasteiger partial charge is 0.339 e. The van der Waals surface area contributed by atoms with Crippen molar-refractivity contribution in [1.82, 2.24) is 4.98 Å². The SMILES string of the molecule is CNc1ncc(C(=O)OC)cc1N1CC(CCl)CC1=O. The maximum atomic E-state index is 12.1. The lowest BCUT2D eigenvalue weighted by atomic mass is 10.1. The number of hydrogen-bond donors (Lipinski definition) is 1. The van der Waals surface area contributed by atoms with Gasteiger partial charge in [-0.15, -0.1) is 11.6 Å². The van der Waals surface area contributed by atoms with Gasteiger partial charge in [0.25, 0.3) is 0 Å². The van der Waals surface area contributed by atoms with Crippen LogP contribution in [0.1, 0.15) is 16.8 Å². The first-order valence-corrected chi connectivity index (χ1v) is 6.76. The third kappa shape index (κ3) is 2.70. The van der Waals surface area contributed by atoms with Gasteiger partial charge in [-0.1, -0.05) is 0 Å². The van der Waals surface area contributed by atoms with E-state index in [1.54, 1.807) is 18.0 Å². The van der Waals surface area contributed by atoms with Crippen LogP contribution in [0.15, 0.2) is 12.3 Å². The molecule has 20 heavy (non-hydrogen) atoms. The highest BCUT2D eigenvalue weighted by molar-refractivity contribution is 6.18. The summed E-state index contributed by atoms with van der Waals surface area (Å²) in [5.41, 5.74) is 0.886. The zero-order valence-electron chi connectivity index (χ0n) is 11.4. The summed E-state index contributed by atoms with van der Waals surface area (Å²) in [6.45, 7) is 0.531. The molecule has 1 aliphatic rings. The van der Waals surface area contributed by atoms with E-state index in [2.05, 4.69) is 15.0 Å². The predicted molar refractivity (Wildman–Crippen MR) is 76.3 cm³/mol. The van der Waals surface area contributed by atoms with E-state index in [0.717, 1.165) is 0 Å². The van der Waals surface area contributed by atoms with Crippen molar-refractivity contribution in [2.45, 2.75) is 6.42 Å². The van der Waals surface area contributed by atoms with Crippen molar-refractivity contribution >= 4 is 35.0 Å². The van der Waals surface area contributed by atoms with Gasteiger partial charge in [0.05, 0.1) is 18.4 Å². The van der Waals surface area contributed by atoms with Crippen molar-refractivity contribution in [1.29, 1.82) is 0 Å². The van der Waals surface area contributed by atoms with Gasteiger partial charge in [-0.05, 0) is 12.0 Å². The highest BCUT2D eigenvalue weighted by Gasteiger charge is 2.32. The van der Waals surface area contributed by atoms with Gasteiger partial charge in [0.15, 0.2) is 0 Å². The minimum Gasteiger partial charge on any atom is -0.465 e. The second kappa shape index (κ2) is 6.09. The summed E-state index contributed by atoms with van der Waals surface area (Å²) in [7, 11) is 3.02. The fourth-order valence-corrected chi connectivity index (χ4v) is 2.41. The van der Waals surface area contributed by atoms with Crippen molar-refractivity contribution in [3.63, 3.8) is 0 Å². The highest BCUT2D eigenvalue weighted by Crippen LogP contribution is 2.31. The molecule has 1 fully saturated rings. The van der Waals surface area contributed by atoms with E-state index < -0.39 is 5.97 Å². The molecule has 1 aromatic heterocycles. The third-order valence-electron chi connectivity index (χ3n) is 3.24. The maximum Gasteiger partial charge on any atom is 0.339 e. The molecule has 0 aromatic carbocycles. The lowest BCUT2D eigenvalue weighted by molar-refractivity contribution is -0.117. The first kappa shape index (κ1) is 14.6. The molecule has 6 nitrogen and oxygen atoms in total. The highest BCUT2D eigenvalue weighted by atomic mass is 35.5. The Bertz CT molecular complexity index is 536. The molecule has 108 valence electrons. The topological polar surface area (TPSA) is 71.5 Å². The Kier molecular flexibility index (Phi) is 4.44. The van der Waals surface area contributed by atoms with Gasteiger partial charge in [-0.3, -0.25) is 4.79 Å². The van der Waals surface area contributed by atoms with Gasteiger partial charge in [-0.25, -0.2) is 9.78 Å². The van der Waals surface area contributed by atoms with Crippen LogP contribution in [-0.2, 0) is 9.53 Å². The summed E-state index contributed by atoms with van der Waals surface area (Å²) < 4.78 is 4.67. The average Bonchev–Trinajstić information content (AvgIpc) is 2.86. The van der Waals surface area contributed by atoms with Crippen molar-refractivity contribution < 1.29 is 14.3 Å². The van der Waals surface area contributed by atoms with E-state index in [9.17, 15) is 9.59 Å². The number of hydrogen-bond acceptors (Lipinski definition) is 5. The number of ether oxygens (including phenoxy) is 1. The Morgan fingerprint density at radius 2 is 2.40 bits per heavy atom. The zero-order chi connectivity index (χ0) is 14.7. The van der Waals surface area contributed by atoms with Crippen LogP contribution in [0.5, 0.6) is 0 Å². The Labute approximate surface area is 122 Å². The minimum atomic E-state index is -0.484. The fourth-order valence-electron chi connectivity index (χ4n) is 2.20. The number of aromatic nitrogens is 1. The first-order chi connectivity index (χ1) is 9.60. The lowest BCUT2D eigenvalue weighted by Crippen LogP contribution is -2.26. The van der Waals surface area contributed by atoms with Crippen LogP contribution in [0.3, 0.4) is 0 Å². The lowest BCUT2D eigenvalue weighted by Gasteiger charge is -2.20. The molecule has 1 aliphatic heterocycles. The Morgan fingerprint density at radius 3 is 2.95 bits per heavy atom. The van der Waals surface area contributed by atoms with Crippen LogP contribution in [0.25, 0.3) is 0 Å². The second-order valence-electron chi connectivity index (χ2n) is 4.56. The molecule has 1 unspecified atom stereocenters. The van der Waals surface area contributed by atoms with E-state index in [1.165, 1.54) is 13.3 Å². The molecule has 1 saturated heterocycles. The summed E-state index contributed by atoms with van der Waals surface area (Å²) in [6, 6.07) is 1.61. The number of nitrogens with zero attached hydrogens (tertiary/aromatic N) is 2. The Hall–Kier alpha value is -1.82. The quantitative estimate of drug-likeness (QED) is 0.673. The molecular weight excluding hydrogens is 282 g/mol. The molecule has 0 saturated carbocycles. The van der Waals surface area contributed by atoms with Crippen LogP contribution in [0.2, 0.25) is 0 Å². The van der Waals surface area contributed by atoms with Gasteiger partial charge >= 0.3 is 5.97 Å². The number of methoxy groups -OCH3 is 1. The number of halogens is 1. The summed E-state index contributed by atoms with van der Waals surface area (Å²) in [6.07, 6.45) is 1.83. The zero-order valence-corrected chi connectivity index (χ0v) is 12.1. The summed E-state index contributed by atoms with van der Waals surface area (Å²) in [5, 5.41) is 2.92. The van der Waals surface area contributed by atoms with Crippen molar-refractivity contribution in [3.8, 4) is 0 Å². The average molecular weight is 298 g/mol. The number of anilines is 2. The van der Waals surface area contributed by atoms with Crippen LogP contribution < -0.4 is 10.2 Å². The molecule has 0 aliphatic carbocycles. The molecule has 1 aromatic rings. The first-order valence-electron chi connectivity index (χ1n) is 6.23. The number of esters is 1. The van der Waals surface area contributed by atoms with Gasteiger partial charge < -0.3 is 15.0 Å². The number of pyridine rings is 1. The third-order valence-corrected chi connectivity index (χ3v) is 3.68. The van der Waals surface area contributed by atoms with Gasteiger partial charge in [0.1, 0.15) is 5.82 Å². The number of rotatable bonds is 4. The summed E-state index contributed by atoms with van der Waals surface area (Å²) in [4.78, 5) is 29.4. The molecule has 1 atom stereocenters. The maximum absolute atomic E-state index is 12.1. The van der Waals surface area contributed by atoms with E-state index in [4.69, 9.17) is 11.6 Å². The van der Waals surface area contributed by atoms with E-state index in [1.807, 2.05) is 0 Å². The van der Waals surface area contributed by atoms with E-state index in [0.29, 0.717) is 35.9 Å². The molecule has 1 N–H and O–H groups in total. The standard InChI is InChI=1S/C13H16ClN3O3/c1-15-12-10(4-9(6-16-12)13(19)20-2)17-7-8(5-14)3-11(17)18/h4,6,8H,3,5,7H2,1-2H3,(H,15,16). The normalized spacial score (nSPS) is 18.2. The van der Waals surface area contributed by atoms with Crippen molar-refractivity contribution in [2.24, 2.45) is 5.92 Å². The van der Waals surface area contributed by atoms with E-state index in [-0.39, 0.29) is 11.8 Å². The number of amides is 1. The molecule has 1 amide bonds. The predicted octanol–water partition coefficient (Wildman–Crippen LogP) is 1.50. The fraction of sp³-hybridized carbons (Fsp3) is 0.462. The Morgan fingerprint density at radius 1 is 1.65 bits per heavy atom. The van der Waals surface area contributed by atoms with Gasteiger partial charge in [0.2, 0.25) is 5.91 Å². The van der Waals surface area contributed by atoms with E-state index >= 15 is 0 Å². The molecular formula is C13H16ClN3O3. The largest absolute Gasteiger partial charge is 0.465 e. The molecule has 7 heteroatoms. The van der Waals surface area contributed by atoms with Crippen LogP contribution in [-0.4, -0.2) is 43.4 Å². The molecule has 0 radical (unpaired) electrons. The minimum absolute atomic E-state index is 0.0176. The molecule has 2 heterocycles. The monoisotopic (exact) mass is 297 g/mol. The number of carbonyl (C=O) groups excluding carboxylic acids is 2. The number of carbonyl (C=O) groups is 2. The van der Waals surface area contributed by atoms with Gasteiger partial charge in [-0.2, -0.15) is 0 Å². The van der Waals surface area contributed by atoms with Crippen LogP contribution in [0, 0.1) is 5.92 Å². The molecule has 0 bridgehead atoms. The Balaban J connectivity index is 2.38. The van der Waals surface area contributed by atoms with Crippen LogP contribution in [0.4, 0.5) is 11.5 Å². The summed E-state index contributed by atoms with van der Waals surface area (Å²) in [5.74, 6) is 0.594. The van der Waals surface area contributed by atoms with Crippen molar-refractivity contribution in [3.05, 3.63) is 17.8 Å².